The standard InChI is InChI=1S/C22H27ClN2O4/c1-6-12-24(21(27)16-8-10-17(23)11-9-16)13-18(26)19-14(3)20(22(28)29-5)25(7-2)15(19)4/h8-11H,6-7,12-13H2,1-5H3. The van der Waals surface area contributed by atoms with Crippen LogP contribution in [0.15, 0.2) is 24.3 Å². The molecule has 2 rings (SSSR count). The molecule has 0 aliphatic heterocycles. The molecule has 0 unspecified atom stereocenters. The van der Waals surface area contributed by atoms with Gasteiger partial charge in [-0.1, -0.05) is 18.5 Å². The summed E-state index contributed by atoms with van der Waals surface area (Å²) in [5, 5.41) is 0.544. The Morgan fingerprint density at radius 3 is 2.24 bits per heavy atom. The summed E-state index contributed by atoms with van der Waals surface area (Å²) in [7, 11) is 1.32. The second-order valence-corrected chi connectivity index (χ2v) is 7.26. The highest BCUT2D eigenvalue weighted by Gasteiger charge is 2.28. The highest BCUT2D eigenvalue weighted by Crippen LogP contribution is 2.24. The second kappa shape index (κ2) is 9.74. The van der Waals surface area contributed by atoms with Crippen molar-refractivity contribution in [1.29, 1.82) is 0 Å². The molecule has 1 aromatic heterocycles. The van der Waals surface area contributed by atoms with Gasteiger partial charge in [0.2, 0.25) is 0 Å². The molecule has 2 aromatic rings. The minimum atomic E-state index is -0.478. The van der Waals surface area contributed by atoms with E-state index in [0.717, 1.165) is 0 Å². The number of carbonyl (C=O) groups excluding carboxylic acids is 3. The van der Waals surface area contributed by atoms with E-state index in [4.69, 9.17) is 16.3 Å². The van der Waals surface area contributed by atoms with Crippen LogP contribution in [0.3, 0.4) is 0 Å². The number of aromatic nitrogens is 1. The van der Waals surface area contributed by atoms with Crippen LogP contribution in [0.1, 0.15) is 62.7 Å². The van der Waals surface area contributed by atoms with E-state index >= 15 is 0 Å². The molecule has 0 fully saturated rings. The molecule has 1 heterocycles. The summed E-state index contributed by atoms with van der Waals surface area (Å²) < 4.78 is 6.66. The lowest BCUT2D eigenvalue weighted by molar-refractivity contribution is 0.0587. The lowest BCUT2D eigenvalue weighted by Crippen LogP contribution is -2.36. The van der Waals surface area contributed by atoms with Crippen molar-refractivity contribution in [1.82, 2.24) is 9.47 Å². The maximum atomic E-state index is 13.2. The van der Waals surface area contributed by atoms with Crippen LogP contribution in [0.2, 0.25) is 5.02 Å². The predicted octanol–water partition coefficient (Wildman–Crippen LogP) is 4.30. The number of benzene rings is 1. The third kappa shape index (κ3) is 4.70. The van der Waals surface area contributed by atoms with Gasteiger partial charge >= 0.3 is 5.97 Å². The lowest BCUT2D eigenvalue weighted by Gasteiger charge is -2.22. The molecule has 0 radical (unpaired) electrons. The summed E-state index contributed by atoms with van der Waals surface area (Å²) in [6.07, 6.45) is 0.716. The van der Waals surface area contributed by atoms with Gasteiger partial charge < -0.3 is 14.2 Å². The number of esters is 1. The number of carbonyl (C=O) groups is 3. The minimum absolute atomic E-state index is 0.0642. The predicted molar refractivity (Wildman–Crippen MR) is 113 cm³/mol. The van der Waals surface area contributed by atoms with Gasteiger partial charge in [0.15, 0.2) is 5.78 Å². The van der Waals surface area contributed by atoms with Crippen molar-refractivity contribution in [2.75, 3.05) is 20.2 Å². The van der Waals surface area contributed by atoms with E-state index in [2.05, 4.69) is 0 Å². The van der Waals surface area contributed by atoms with Crippen LogP contribution in [0, 0.1) is 13.8 Å². The van der Waals surface area contributed by atoms with Crippen molar-refractivity contribution in [3.05, 3.63) is 57.4 Å². The Hall–Kier alpha value is -2.60. The molecule has 29 heavy (non-hydrogen) atoms. The van der Waals surface area contributed by atoms with Crippen LogP contribution < -0.4 is 0 Å². The van der Waals surface area contributed by atoms with Crippen molar-refractivity contribution in [2.45, 2.75) is 40.7 Å². The molecule has 0 spiro atoms. The Kier molecular flexibility index (Phi) is 7.62. The number of halogens is 1. The number of Topliss-reactive ketones (excluding diaryl/α,β-unsaturated/α-hetero) is 1. The molecule has 156 valence electrons. The van der Waals surface area contributed by atoms with Gasteiger partial charge in [-0.2, -0.15) is 0 Å². The highest BCUT2D eigenvalue weighted by atomic mass is 35.5. The number of hydrogen-bond donors (Lipinski definition) is 0. The summed E-state index contributed by atoms with van der Waals surface area (Å²) in [6.45, 7) is 8.32. The minimum Gasteiger partial charge on any atom is -0.464 e. The summed E-state index contributed by atoms with van der Waals surface area (Å²) in [5.41, 5.74) is 2.60. The van der Waals surface area contributed by atoms with Gasteiger partial charge in [0, 0.05) is 34.9 Å². The van der Waals surface area contributed by atoms with Crippen LogP contribution in [-0.2, 0) is 11.3 Å². The first-order valence-electron chi connectivity index (χ1n) is 9.62. The number of ketones is 1. The first-order chi connectivity index (χ1) is 13.8. The van der Waals surface area contributed by atoms with Crippen molar-refractivity contribution in [3.63, 3.8) is 0 Å². The Labute approximate surface area is 176 Å². The molecule has 0 N–H and O–H groups in total. The summed E-state index contributed by atoms with van der Waals surface area (Å²) in [6, 6.07) is 6.60. The largest absolute Gasteiger partial charge is 0.464 e. The third-order valence-electron chi connectivity index (χ3n) is 4.95. The van der Waals surface area contributed by atoms with Gasteiger partial charge in [-0.15, -0.1) is 0 Å². The Balaban J connectivity index is 2.37. The molecule has 1 aromatic carbocycles. The van der Waals surface area contributed by atoms with Gasteiger partial charge in [0.05, 0.1) is 13.7 Å². The van der Waals surface area contributed by atoms with Crippen molar-refractivity contribution in [2.24, 2.45) is 0 Å². The maximum absolute atomic E-state index is 13.2. The van der Waals surface area contributed by atoms with Crippen LogP contribution in [0.5, 0.6) is 0 Å². The van der Waals surface area contributed by atoms with Crippen LogP contribution >= 0.6 is 11.6 Å². The fourth-order valence-electron chi connectivity index (χ4n) is 3.61. The van der Waals surface area contributed by atoms with Gasteiger partial charge in [-0.25, -0.2) is 4.79 Å². The SMILES string of the molecule is CCCN(CC(=O)c1c(C)c(C(=O)OC)n(CC)c1C)C(=O)c1ccc(Cl)cc1. The first-order valence-corrected chi connectivity index (χ1v) is 10.0. The fraction of sp³-hybridized carbons (Fsp3) is 0.409. The van der Waals surface area contributed by atoms with Gasteiger partial charge in [-0.3, -0.25) is 9.59 Å². The molecular weight excluding hydrogens is 392 g/mol. The zero-order valence-corrected chi connectivity index (χ0v) is 18.3. The van der Waals surface area contributed by atoms with Crippen LogP contribution in [0.4, 0.5) is 0 Å². The Bertz CT molecular complexity index is 916. The van der Waals surface area contributed by atoms with E-state index in [-0.39, 0.29) is 18.2 Å². The Morgan fingerprint density at radius 1 is 1.10 bits per heavy atom. The third-order valence-corrected chi connectivity index (χ3v) is 5.20. The molecule has 0 saturated carbocycles. The van der Waals surface area contributed by atoms with Crippen molar-refractivity contribution in [3.8, 4) is 0 Å². The van der Waals surface area contributed by atoms with E-state index < -0.39 is 5.97 Å². The average molecular weight is 419 g/mol. The number of rotatable bonds is 8. The molecule has 0 aliphatic rings. The maximum Gasteiger partial charge on any atom is 0.354 e. The van der Waals surface area contributed by atoms with Gasteiger partial charge in [0.1, 0.15) is 5.69 Å². The molecule has 7 heteroatoms. The van der Waals surface area contributed by atoms with E-state index in [1.54, 1.807) is 42.7 Å². The summed E-state index contributed by atoms with van der Waals surface area (Å²) in [5.74, 6) is -0.905. The normalized spacial score (nSPS) is 10.7. The van der Waals surface area contributed by atoms with Crippen molar-refractivity contribution >= 4 is 29.3 Å². The zero-order valence-electron chi connectivity index (χ0n) is 17.5. The average Bonchev–Trinajstić information content (AvgIpc) is 2.96. The van der Waals surface area contributed by atoms with E-state index in [1.807, 2.05) is 13.8 Å². The molecule has 0 aliphatic carbocycles. The number of amides is 1. The summed E-state index contributed by atoms with van der Waals surface area (Å²) in [4.78, 5) is 39.8. The summed E-state index contributed by atoms with van der Waals surface area (Å²) >= 11 is 5.91. The quantitative estimate of drug-likeness (QED) is 0.473. The number of ether oxygens (including phenoxy) is 1. The highest BCUT2D eigenvalue weighted by molar-refractivity contribution is 6.30. The van der Waals surface area contributed by atoms with E-state index in [0.29, 0.717) is 52.6 Å². The molecule has 1 amide bonds. The van der Waals surface area contributed by atoms with Gasteiger partial charge in [0.25, 0.3) is 5.91 Å². The molecule has 0 saturated heterocycles. The molecule has 6 nitrogen and oxygen atoms in total. The van der Waals surface area contributed by atoms with Crippen LogP contribution in [0.25, 0.3) is 0 Å². The van der Waals surface area contributed by atoms with Gasteiger partial charge in [-0.05, 0) is 57.0 Å². The zero-order chi connectivity index (χ0) is 21.7. The number of methoxy groups -OCH3 is 1. The second-order valence-electron chi connectivity index (χ2n) is 6.83. The fourth-order valence-corrected chi connectivity index (χ4v) is 3.74. The van der Waals surface area contributed by atoms with Crippen LogP contribution in [-0.4, -0.2) is 47.3 Å². The Morgan fingerprint density at radius 2 is 1.72 bits per heavy atom. The number of nitrogens with zero attached hydrogens (tertiary/aromatic N) is 2. The van der Waals surface area contributed by atoms with E-state index in [9.17, 15) is 14.4 Å². The van der Waals surface area contributed by atoms with Crippen molar-refractivity contribution < 1.29 is 19.1 Å². The smallest absolute Gasteiger partial charge is 0.354 e. The van der Waals surface area contributed by atoms with E-state index in [1.165, 1.54) is 12.0 Å². The topological polar surface area (TPSA) is 68.6 Å². The molecular formula is C22H27ClN2O4. The monoisotopic (exact) mass is 418 g/mol. The molecule has 0 bridgehead atoms. The first kappa shape index (κ1) is 22.7. The molecule has 0 atom stereocenters. The lowest BCUT2D eigenvalue weighted by atomic mass is 10.0. The number of hydrogen-bond acceptors (Lipinski definition) is 4.